The summed E-state index contributed by atoms with van der Waals surface area (Å²) in [6.07, 6.45) is 0. The number of amides is 1. The molecule has 0 radical (unpaired) electrons. The summed E-state index contributed by atoms with van der Waals surface area (Å²) in [7, 11) is 1.60. The maximum atomic E-state index is 12.3. The Morgan fingerprint density at radius 2 is 1.75 bits per heavy atom. The Hall–Kier alpha value is -2.40. The van der Waals surface area contributed by atoms with Gasteiger partial charge >= 0.3 is 0 Å². The first-order valence-corrected chi connectivity index (χ1v) is 6.15. The Morgan fingerprint density at radius 3 is 2.30 bits per heavy atom. The lowest BCUT2D eigenvalue weighted by Gasteiger charge is -2.18. The highest BCUT2D eigenvalue weighted by Crippen LogP contribution is 2.25. The van der Waals surface area contributed by atoms with Crippen molar-refractivity contribution in [3.8, 4) is 0 Å². The third-order valence-corrected chi connectivity index (χ3v) is 3.16. The molecule has 2 rings (SSSR count). The van der Waals surface area contributed by atoms with Crippen LogP contribution in [0.15, 0.2) is 48.5 Å². The quantitative estimate of drug-likeness (QED) is 0.642. The molecule has 0 aliphatic carbocycles. The molecule has 0 aliphatic heterocycles. The summed E-state index contributed by atoms with van der Waals surface area (Å²) in [4.78, 5) is 23.7. The van der Waals surface area contributed by atoms with Crippen LogP contribution in [0.25, 0.3) is 0 Å². The predicted molar refractivity (Wildman–Crippen MR) is 77.3 cm³/mol. The van der Waals surface area contributed by atoms with Crippen molar-refractivity contribution in [3.05, 3.63) is 69.2 Å². The average Bonchev–Trinajstić information content (AvgIpc) is 2.46. The van der Waals surface area contributed by atoms with Crippen molar-refractivity contribution in [2.75, 3.05) is 11.9 Å². The standard InChI is InChI=1S/C14H11ClN2O3/c1-16(13-5-3-2-4-12(13)15)14(18)10-6-8-11(9-7-10)17(19)20/h2-9H,1H3. The minimum atomic E-state index is -0.508. The highest BCUT2D eigenvalue weighted by molar-refractivity contribution is 6.34. The molecule has 0 bridgehead atoms. The van der Waals surface area contributed by atoms with Crippen LogP contribution in [-0.4, -0.2) is 17.9 Å². The molecule has 0 saturated carbocycles. The van der Waals surface area contributed by atoms with Gasteiger partial charge in [0, 0.05) is 24.7 Å². The molecule has 0 atom stereocenters. The topological polar surface area (TPSA) is 63.5 Å². The van der Waals surface area contributed by atoms with Gasteiger partial charge in [0.25, 0.3) is 11.6 Å². The van der Waals surface area contributed by atoms with E-state index >= 15 is 0 Å². The minimum Gasteiger partial charge on any atom is -0.310 e. The molecule has 6 heteroatoms. The van der Waals surface area contributed by atoms with Crippen molar-refractivity contribution in [1.29, 1.82) is 0 Å². The number of hydrogen-bond donors (Lipinski definition) is 0. The highest BCUT2D eigenvalue weighted by Gasteiger charge is 2.16. The molecule has 20 heavy (non-hydrogen) atoms. The number of carbonyl (C=O) groups is 1. The second-order valence-corrected chi connectivity index (χ2v) is 4.53. The Morgan fingerprint density at radius 1 is 1.15 bits per heavy atom. The number of nitro benzene ring substituents is 1. The summed E-state index contributed by atoms with van der Waals surface area (Å²) in [6.45, 7) is 0. The third kappa shape index (κ3) is 2.78. The number of benzene rings is 2. The summed E-state index contributed by atoms with van der Waals surface area (Å²) in [6, 6.07) is 12.4. The van der Waals surface area contributed by atoms with Crippen LogP contribution in [0, 0.1) is 10.1 Å². The van der Waals surface area contributed by atoms with Gasteiger partial charge in [-0.15, -0.1) is 0 Å². The molecule has 102 valence electrons. The summed E-state index contributed by atoms with van der Waals surface area (Å²) in [5.41, 5.74) is 0.887. The second kappa shape index (κ2) is 5.71. The van der Waals surface area contributed by atoms with Crippen LogP contribution in [-0.2, 0) is 0 Å². The van der Waals surface area contributed by atoms with Gasteiger partial charge in [-0.05, 0) is 24.3 Å². The van der Waals surface area contributed by atoms with Crippen molar-refractivity contribution in [3.63, 3.8) is 0 Å². The molecule has 0 aromatic heterocycles. The van der Waals surface area contributed by atoms with E-state index < -0.39 is 4.92 Å². The van der Waals surface area contributed by atoms with E-state index in [4.69, 9.17) is 11.6 Å². The first-order chi connectivity index (χ1) is 9.50. The second-order valence-electron chi connectivity index (χ2n) is 4.12. The van der Waals surface area contributed by atoms with Gasteiger partial charge in [0.1, 0.15) is 0 Å². The molecule has 0 heterocycles. The predicted octanol–water partition coefficient (Wildman–Crippen LogP) is 3.52. The van der Waals surface area contributed by atoms with Gasteiger partial charge in [0.2, 0.25) is 0 Å². The van der Waals surface area contributed by atoms with Crippen LogP contribution in [0.3, 0.4) is 0 Å². The van der Waals surface area contributed by atoms with Crippen molar-refractivity contribution in [2.24, 2.45) is 0 Å². The number of anilines is 1. The molecule has 2 aromatic carbocycles. The summed E-state index contributed by atoms with van der Waals surface area (Å²) in [5, 5.41) is 11.0. The fourth-order valence-electron chi connectivity index (χ4n) is 1.75. The minimum absolute atomic E-state index is 0.0538. The number of halogens is 1. The average molecular weight is 291 g/mol. The van der Waals surface area contributed by atoms with E-state index in [1.54, 1.807) is 31.3 Å². The maximum absolute atomic E-state index is 12.3. The van der Waals surface area contributed by atoms with Crippen LogP contribution in [0.5, 0.6) is 0 Å². The van der Waals surface area contributed by atoms with Crippen LogP contribution >= 0.6 is 11.6 Å². The van der Waals surface area contributed by atoms with E-state index in [1.807, 2.05) is 0 Å². The molecule has 5 nitrogen and oxygen atoms in total. The molecular weight excluding hydrogens is 280 g/mol. The number of para-hydroxylation sites is 1. The molecule has 1 amide bonds. The van der Waals surface area contributed by atoms with E-state index in [9.17, 15) is 14.9 Å². The zero-order chi connectivity index (χ0) is 14.7. The van der Waals surface area contributed by atoms with E-state index in [-0.39, 0.29) is 11.6 Å². The molecular formula is C14H11ClN2O3. The lowest BCUT2D eigenvalue weighted by Crippen LogP contribution is -2.26. The molecule has 0 saturated heterocycles. The van der Waals surface area contributed by atoms with Crippen LogP contribution < -0.4 is 4.90 Å². The smallest absolute Gasteiger partial charge is 0.269 e. The van der Waals surface area contributed by atoms with Crippen LogP contribution in [0.4, 0.5) is 11.4 Å². The van der Waals surface area contributed by atoms with Gasteiger partial charge in [0.15, 0.2) is 0 Å². The number of nitrogens with zero attached hydrogens (tertiary/aromatic N) is 2. The third-order valence-electron chi connectivity index (χ3n) is 2.84. The zero-order valence-electron chi connectivity index (χ0n) is 10.6. The van der Waals surface area contributed by atoms with Crippen molar-refractivity contribution in [1.82, 2.24) is 0 Å². The molecule has 0 N–H and O–H groups in total. The van der Waals surface area contributed by atoms with Gasteiger partial charge < -0.3 is 4.90 Å². The fourth-order valence-corrected chi connectivity index (χ4v) is 2.02. The fraction of sp³-hybridized carbons (Fsp3) is 0.0714. The first-order valence-electron chi connectivity index (χ1n) is 5.78. The number of rotatable bonds is 3. The van der Waals surface area contributed by atoms with Gasteiger partial charge in [-0.3, -0.25) is 14.9 Å². The van der Waals surface area contributed by atoms with Gasteiger partial charge in [0.05, 0.1) is 15.6 Å². The number of non-ortho nitro benzene ring substituents is 1. The molecule has 0 fully saturated rings. The summed E-state index contributed by atoms with van der Waals surface area (Å²) in [5.74, 6) is -0.284. The van der Waals surface area contributed by atoms with E-state index in [2.05, 4.69) is 0 Å². The largest absolute Gasteiger partial charge is 0.310 e. The number of nitro groups is 1. The van der Waals surface area contributed by atoms with E-state index in [1.165, 1.54) is 29.2 Å². The monoisotopic (exact) mass is 290 g/mol. The Kier molecular flexibility index (Phi) is 4.00. The van der Waals surface area contributed by atoms with E-state index in [0.717, 1.165) is 0 Å². The SMILES string of the molecule is CN(C(=O)c1ccc([N+](=O)[O-])cc1)c1ccccc1Cl. The summed E-state index contributed by atoms with van der Waals surface area (Å²) >= 11 is 6.03. The number of carbonyl (C=O) groups excluding carboxylic acids is 1. The van der Waals surface area contributed by atoms with Gasteiger partial charge in [-0.2, -0.15) is 0 Å². The van der Waals surface area contributed by atoms with Crippen molar-refractivity contribution >= 4 is 28.9 Å². The zero-order valence-corrected chi connectivity index (χ0v) is 11.4. The summed E-state index contributed by atoms with van der Waals surface area (Å²) < 4.78 is 0. The molecule has 0 spiro atoms. The van der Waals surface area contributed by atoms with Gasteiger partial charge in [-0.1, -0.05) is 23.7 Å². The van der Waals surface area contributed by atoms with Crippen molar-refractivity contribution in [2.45, 2.75) is 0 Å². The Labute approximate surface area is 120 Å². The van der Waals surface area contributed by atoms with Crippen LogP contribution in [0.1, 0.15) is 10.4 Å². The maximum Gasteiger partial charge on any atom is 0.269 e. The van der Waals surface area contributed by atoms with E-state index in [0.29, 0.717) is 16.3 Å². The lowest BCUT2D eigenvalue weighted by atomic mass is 10.1. The molecule has 0 aliphatic rings. The lowest BCUT2D eigenvalue weighted by molar-refractivity contribution is -0.384. The van der Waals surface area contributed by atoms with Gasteiger partial charge in [-0.25, -0.2) is 0 Å². The normalized spacial score (nSPS) is 10.1. The Balaban J connectivity index is 2.27. The van der Waals surface area contributed by atoms with Crippen LogP contribution in [0.2, 0.25) is 5.02 Å². The first kappa shape index (κ1) is 14.0. The molecule has 2 aromatic rings. The highest BCUT2D eigenvalue weighted by atomic mass is 35.5. The molecule has 0 unspecified atom stereocenters. The number of hydrogen-bond acceptors (Lipinski definition) is 3. The van der Waals surface area contributed by atoms with Crippen molar-refractivity contribution < 1.29 is 9.72 Å². The Bertz CT molecular complexity index is 656.